The Morgan fingerprint density at radius 3 is 2.23 bits per heavy atom. The lowest BCUT2D eigenvalue weighted by molar-refractivity contribution is -0.121. The van der Waals surface area contributed by atoms with Gasteiger partial charge in [-0.05, 0) is 52.4 Å². The molecular weight excluding hydrogens is 278 g/mol. The van der Waals surface area contributed by atoms with Gasteiger partial charge in [0, 0.05) is 18.1 Å². The molecule has 2 N–H and O–H groups in total. The Hall–Kier alpha value is -1.10. The third-order valence-electron chi connectivity index (χ3n) is 4.37. The average molecular weight is 309 g/mol. The summed E-state index contributed by atoms with van der Waals surface area (Å²) in [4.78, 5) is 26.2. The molecule has 0 aromatic heterocycles. The maximum atomic E-state index is 12.1. The van der Waals surface area contributed by atoms with E-state index in [1.807, 2.05) is 20.8 Å². The van der Waals surface area contributed by atoms with Crippen molar-refractivity contribution in [2.75, 3.05) is 13.1 Å². The summed E-state index contributed by atoms with van der Waals surface area (Å²) in [7, 11) is 0. The minimum absolute atomic E-state index is 0.190. The predicted octanol–water partition coefficient (Wildman–Crippen LogP) is 2.66. The first-order chi connectivity index (χ1) is 10.3. The van der Waals surface area contributed by atoms with E-state index in [0.717, 1.165) is 12.5 Å². The van der Waals surface area contributed by atoms with Crippen molar-refractivity contribution < 1.29 is 9.59 Å². The van der Waals surface area contributed by atoms with E-state index in [0.29, 0.717) is 12.6 Å². The third-order valence-corrected chi connectivity index (χ3v) is 4.37. The molecule has 0 heterocycles. The van der Waals surface area contributed by atoms with Crippen molar-refractivity contribution in [1.29, 1.82) is 0 Å². The van der Waals surface area contributed by atoms with Gasteiger partial charge in [0.2, 0.25) is 5.91 Å². The van der Waals surface area contributed by atoms with Crippen LogP contribution in [0.15, 0.2) is 0 Å². The molecule has 2 rings (SSSR count). The van der Waals surface area contributed by atoms with Crippen LogP contribution in [-0.4, -0.2) is 41.5 Å². The molecule has 0 aromatic carbocycles. The van der Waals surface area contributed by atoms with Crippen LogP contribution in [0.3, 0.4) is 0 Å². The van der Waals surface area contributed by atoms with E-state index in [2.05, 4.69) is 15.5 Å². The van der Waals surface area contributed by atoms with E-state index in [4.69, 9.17) is 0 Å². The summed E-state index contributed by atoms with van der Waals surface area (Å²) in [6.45, 7) is 7.06. The van der Waals surface area contributed by atoms with E-state index >= 15 is 0 Å². The average Bonchev–Trinajstić information content (AvgIpc) is 3.20. The fraction of sp³-hybridized carbons (Fsp3) is 0.882. The van der Waals surface area contributed by atoms with Gasteiger partial charge in [-0.1, -0.05) is 19.3 Å². The van der Waals surface area contributed by atoms with E-state index in [1.165, 1.54) is 44.9 Å². The Bertz CT molecular complexity index is 393. The van der Waals surface area contributed by atoms with Crippen LogP contribution < -0.4 is 10.6 Å². The fourth-order valence-corrected chi connectivity index (χ4v) is 3.21. The van der Waals surface area contributed by atoms with Crippen molar-refractivity contribution in [1.82, 2.24) is 15.5 Å². The van der Waals surface area contributed by atoms with Crippen molar-refractivity contribution in [3.8, 4) is 0 Å². The van der Waals surface area contributed by atoms with Gasteiger partial charge in [0.15, 0.2) is 0 Å². The topological polar surface area (TPSA) is 61.4 Å². The second-order valence-electron chi connectivity index (χ2n) is 7.92. The van der Waals surface area contributed by atoms with E-state index < -0.39 is 6.03 Å². The highest BCUT2D eigenvalue weighted by molar-refractivity contribution is 5.95. The lowest BCUT2D eigenvalue weighted by Crippen LogP contribution is -2.50. The van der Waals surface area contributed by atoms with Crippen LogP contribution >= 0.6 is 0 Å². The predicted molar refractivity (Wildman–Crippen MR) is 87.6 cm³/mol. The summed E-state index contributed by atoms with van der Waals surface area (Å²) in [5, 5.41) is 5.22. The zero-order valence-electron chi connectivity index (χ0n) is 14.3. The number of carbonyl (C=O) groups excluding carboxylic acids is 2. The number of amides is 3. The number of rotatable bonds is 5. The first-order valence-electron chi connectivity index (χ1n) is 8.69. The first-order valence-corrected chi connectivity index (χ1v) is 8.69. The Labute approximate surface area is 134 Å². The van der Waals surface area contributed by atoms with Crippen LogP contribution in [0.5, 0.6) is 0 Å². The highest BCUT2D eigenvalue weighted by Gasteiger charge is 2.32. The van der Waals surface area contributed by atoms with Crippen LogP contribution in [0.4, 0.5) is 4.79 Å². The van der Waals surface area contributed by atoms with Crippen molar-refractivity contribution >= 4 is 11.9 Å². The number of carbonyl (C=O) groups is 2. The van der Waals surface area contributed by atoms with Gasteiger partial charge in [-0.3, -0.25) is 15.0 Å². The molecule has 126 valence electrons. The highest BCUT2D eigenvalue weighted by Crippen LogP contribution is 2.31. The molecule has 5 nitrogen and oxygen atoms in total. The molecule has 3 amide bonds. The Morgan fingerprint density at radius 1 is 1.05 bits per heavy atom. The van der Waals surface area contributed by atoms with Crippen LogP contribution in [0.2, 0.25) is 0 Å². The largest absolute Gasteiger partial charge is 0.333 e. The normalized spacial score (nSPS) is 20.0. The van der Waals surface area contributed by atoms with E-state index in [-0.39, 0.29) is 11.4 Å². The number of imide groups is 1. The van der Waals surface area contributed by atoms with Gasteiger partial charge in [-0.25, -0.2) is 4.79 Å². The first kappa shape index (κ1) is 17.3. The molecule has 0 aromatic rings. The Morgan fingerprint density at radius 2 is 1.68 bits per heavy atom. The molecule has 0 radical (unpaired) electrons. The highest BCUT2D eigenvalue weighted by atomic mass is 16.2. The van der Waals surface area contributed by atoms with Gasteiger partial charge in [0.1, 0.15) is 0 Å². The van der Waals surface area contributed by atoms with Crippen molar-refractivity contribution in [2.45, 2.75) is 77.3 Å². The summed E-state index contributed by atoms with van der Waals surface area (Å²) in [5.41, 5.74) is -0.331. The van der Waals surface area contributed by atoms with Gasteiger partial charge in [-0.2, -0.15) is 0 Å². The third kappa shape index (κ3) is 6.34. The van der Waals surface area contributed by atoms with Crippen LogP contribution in [-0.2, 0) is 4.79 Å². The molecular formula is C17H31N3O2. The molecule has 2 aliphatic carbocycles. The molecule has 22 heavy (non-hydrogen) atoms. The molecule has 0 bridgehead atoms. The molecule has 0 atom stereocenters. The monoisotopic (exact) mass is 309 g/mol. The number of hydrogen-bond acceptors (Lipinski definition) is 3. The molecule has 0 unspecified atom stereocenters. The van der Waals surface area contributed by atoms with E-state index in [9.17, 15) is 9.59 Å². The summed E-state index contributed by atoms with van der Waals surface area (Å²) in [5.74, 6) is 0.537. The van der Waals surface area contributed by atoms with Crippen LogP contribution in [0, 0.1) is 5.92 Å². The lowest BCUT2D eigenvalue weighted by atomic mass is 9.89. The minimum atomic E-state index is -0.397. The molecule has 0 saturated heterocycles. The number of nitrogens with zero attached hydrogens (tertiary/aromatic N) is 1. The van der Waals surface area contributed by atoms with E-state index in [1.54, 1.807) is 0 Å². The second-order valence-corrected chi connectivity index (χ2v) is 7.92. The summed E-state index contributed by atoms with van der Waals surface area (Å²) in [6, 6.07) is 0.157. The molecule has 2 aliphatic rings. The maximum absolute atomic E-state index is 12.1. The SMILES string of the molecule is CC(C)(C)NC(=O)NC(=O)CN(CC1CCCCC1)C1CC1. The zero-order valence-corrected chi connectivity index (χ0v) is 14.3. The van der Waals surface area contributed by atoms with Crippen LogP contribution in [0.25, 0.3) is 0 Å². The fourth-order valence-electron chi connectivity index (χ4n) is 3.21. The zero-order chi connectivity index (χ0) is 16.2. The number of nitrogens with one attached hydrogen (secondary N) is 2. The van der Waals surface area contributed by atoms with Crippen molar-refractivity contribution in [2.24, 2.45) is 5.92 Å². The molecule has 5 heteroatoms. The van der Waals surface area contributed by atoms with Crippen molar-refractivity contribution in [3.05, 3.63) is 0 Å². The van der Waals surface area contributed by atoms with Gasteiger partial charge in [0.05, 0.1) is 6.54 Å². The molecule has 2 fully saturated rings. The summed E-state index contributed by atoms with van der Waals surface area (Å²) < 4.78 is 0. The second kappa shape index (κ2) is 7.44. The molecule has 2 saturated carbocycles. The van der Waals surface area contributed by atoms with Gasteiger partial charge in [-0.15, -0.1) is 0 Å². The van der Waals surface area contributed by atoms with Crippen LogP contribution in [0.1, 0.15) is 65.7 Å². The van der Waals surface area contributed by atoms with Crippen molar-refractivity contribution in [3.63, 3.8) is 0 Å². The smallest absolute Gasteiger partial charge is 0.321 e. The quantitative estimate of drug-likeness (QED) is 0.821. The Kier molecular flexibility index (Phi) is 5.84. The summed E-state index contributed by atoms with van der Waals surface area (Å²) in [6.07, 6.45) is 8.95. The minimum Gasteiger partial charge on any atom is -0.333 e. The summed E-state index contributed by atoms with van der Waals surface area (Å²) >= 11 is 0. The Balaban J connectivity index is 1.77. The van der Waals surface area contributed by atoms with Gasteiger partial charge in [0.25, 0.3) is 0 Å². The standard InChI is InChI=1S/C17H31N3O2/c1-17(2,3)19-16(22)18-15(21)12-20(14-9-10-14)11-13-7-5-4-6-8-13/h13-14H,4-12H2,1-3H3,(H2,18,19,21,22). The number of hydrogen-bond donors (Lipinski definition) is 2. The maximum Gasteiger partial charge on any atom is 0.321 e. The molecule has 0 aliphatic heterocycles. The molecule has 0 spiro atoms. The van der Waals surface area contributed by atoms with Gasteiger partial charge < -0.3 is 5.32 Å². The lowest BCUT2D eigenvalue weighted by Gasteiger charge is -2.29. The van der Waals surface area contributed by atoms with Gasteiger partial charge >= 0.3 is 6.03 Å². The number of urea groups is 1.